The highest BCUT2D eigenvalue weighted by Gasteiger charge is 2.35. The molecule has 0 aliphatic heterocycles. The highest BCUT2D eigenvalue weighted by molar-refractivity contribution is 7.13. The number of thiazole rings is 1. The van der Waals surface area contributed by atoms with Crippen LogP contribution in [0.3, 0.4) is 0 Å². The molecule has 0 bridgehead atoms. The molecule has 0 saturated heterocycles. The molecule has 8 nitrogen and oxygen atoms in total. The SMILES string of the molecule is COC1CC(C(=O)NC(=O)Nc2ccc(Oc3ncc(C#N)s3)c(C)c2)C1. The van der Waals surface area contributed by atoms with Crippen molar-refractivity contribution in [1.82, 2.24) is 10.3 Å². The summed E-state index contributed by atoms with van der Waals surface area (Å²) >= 11 is 1.15. The van der Waals surface area contributed by atoms with Gasteiger partial charge in [0.1, 0.15) is 16.7 Å². The third-order valence-corrected chi connectivity index (χ3v) is 5.04. The van der Waals surface area contributed by atoms with Crippen molar-refractivity contribution in [3.63, 3.8) is 0 Å². The summed E-state index contributed by atoms with van der Waals surface area (Å²) in [5.74, 6) is 0.0836. The Morgan fingerprint density at radius 2 is 2.15 bits per heavy atom. The Morgan fingerprint density at radius 1 is 1.37 bits per heavy atom. The third kappa shape index (κ3) is 4.61. The number of rotatable bonds is 5. The van der Waals surface area contributed by atoms with E-state index in [1.54, 1.807) is 25.3 Å². The Bertz CT molecular complexity index is 899. The van der Waals surface area contributed by atoms with Crippen LogP contribution in [0, 0.1) is 24.2 Å². The number of nitrogens with zero attached hydrogens (tertiary/aromatic N) is 2. The van der Waals surface area contributed by atoms with Gasteiger partial charge in [0.05, 0.1) is 12.3 Å². The fourth-order valence-corrected chi connectivity index (χ4v) is 3.22. The summed E-state index contributed by atoms with van der Waals surface area (Å²) < 4.78 is 10.8. The molecule has 2 aromatic rings. The van der Waals surface area contributed by atoms with Crippen LogP contribution < -0.4 is 15.4 Å². The molecule has 2 N–H and O–H groups in total. The van der Waals surface area contributed by atoms with Crippen molar-refractivity contribution < 1.29 is 19.1 Å². The van der Waals surface area contributed by atoms with Crippen molar-refractivity contribution in [2.45, 2.75) is 25.9 Å². The average Bonchev–Trinajstić information content (AvgIpc) is 3.04. The highest BCUT2D eigenvalue weighted by atomic mass is 32.1. The van der Waals surface area contributed by atoms with E-state index in [1.165, 1.54) is 6.20 Å². The summed E-state index contributed by atoms with van der Waals surface area (Å²) in [6.07, 6.45) is 2.81. The molecule has 0 unspecified atom stereocenters. The number of hydrogen-bond donors (Lipinski definition) is 2. The van der Waals surface area contributed by atoms with Crippen molar-refractivity contribution in [3.8, 4) is 17.0 Å². The van der Waals surface area contributed by atoms with Crippen LogP contribution in [-0.4, -0.2) is 30.1 Å². The molecule has 27 heavy (non-hydrogen) atoms. The molecular formula is C18H18N4O4S. The maximum absolute atomic E-state index is 12.0. The number of carbonyl (C=O) groups excluding carboxylic acids is 2. The molecule has 3 rings (SSSR count). The molecule has 0 radical (unpaired) electrons. The van der Waals surface area contributed by atoms with Crippen molar-refractivity contribution in [2.24, 2.45) is 5.92 Å². The van der Waals surface area contributed by atoms with Gasteiger partial charge in [-0.2, -0.15) is 5.26 Å². The lowest BCUT2D eigenvalue weighted by Gasteiger charge is -2.32. The van der Waals surface area contributed by atoms with E-state index in [0.29, 0.717) is 34.3 Å². The summed E-state index contributed by atoms with van der Waals surface area (Å²) in [6.45, 7) is 1.82. The number of urea groups is 1. The molecule has 1 aliphatic carbocycles. The average molecular weight is 386 g/mol. The minimum atomic E-state index is -0.576. The number of ether oxygens (including phenoxy) is 2. The van der Waals surface area contributed by atoms with Crippen LogP contribution in [0.4, 0.5) is 10.5 Å². The van der Waals surface area contributed by atoms with E-state index < -0.39 is 6.03 Å². The molecule has 1 aliphatic rings. The van der Waals surface area contributed by atoms with Gasteiger partial charge in [-0.1, -0.05) is 11.3 Å². The van der Waals surface area contributed by atoms with E-state index in [2.05, 4.69) is 15.6 Å². The predicted molar refractivity (Wildman–Crippen MR) is 98.8 cm³/mol. The molecule has 1 aromatic carbocycles. The second-order valence-corrected chi connectivity index (χ2v) is 7.15. The maximum Gasteiger partial charge on any atom is 0.325 e. The highest BCUT2D eigenvalue weighted by Crippen LogP contribution is 2.31. The van der Waals surface area contributed by atoms with E-state index in [1.807, 2.05) is 13.0 Å². The Hall–Kier alpha value is -2.96. The second-order valence-electron chi connectivity index (χ2n) is 6.15. The first-order chi connectivity index (χ1) is 13.0. The Kier molecular flexibility index (Phi) is 5.69. The topological polar surface area (TPSA) is 113 Å². The second kappa shape index (κ2) is 8.16. The first kappa shape index (κ1) is 18.8. The number of amides is 3. The standard InChI is InChI=1S/C18H18N4O4S/c1-10-5-12(3-4-15(10)26-18-20-9-14(8-19)27-18)21-17(24)22-16(23)11-6-13(7-11)25-2/h3-5,9,11,13H,6-7H2,1-2H3,(H2,21,22,23,24). The zero-order chi connectivity index (χ0) is 19.4. The van der Waals surface area contributed by atoms with E-state index in [0.717, 1.165) is 16.9 Å². The molecule has 0 atom stereocenters. The summed E-state index contributed by atoms with van der Waals surface area (Å²) in [5, 5.41) is 14.2. The number of hydrogen-bond acceptors (Lipinski definition) is 7. The van der Waals surface area contributed by atoms with Gasteiger partial charge in [0.2, 0.25) is 5.91 Å². The molecule has 0 spiro atoms. The number of nitrogens with one attached hydrogen (secondary N) is 2. The number of imide groups is 1. The number of anilines is 1. The lowest BCUT2D eigenvalue weighted by atomic mass is 9.81. The molecular weight excluding hydrogens is 368 g/mol. The molecule has 1 heterocycles. The van der Waals surface area contributed by atoms with Gasteiger partial charge in [-0.15, -0.1) is 0 Å². The summed E-state index contributed by atoms with van der Waals surface area (Å²) in [7, 11) is 1.61. The summed E-state index contributed by atoms with van der Waals surface area (Å²) in [4.78, 5) is 28.4. The number of methoxy groups -OCH3 is 1. The van der Waals surface area contributed by atoms with Crippen LogP contribution in [0.2, 0.25) is 0 Å². The Balaban J connectivity index is 1.54. The van der Waals surface area contributed by atoms with Crippen molar-refractivity contribution in [3.05, 3.63) is 34.8 Å². The molecule has 1 fully saturated rings. The van der Waals surface area contributed by atoms with E-state index in [9.17, 15) is 9.59 Å². The van der Waals surface area contributed by atoms with E-state index >= 15 is 0 Å². The van der Waals surface area contributed by atoms with Gasteiger partial charge in [-0.3, -0.25) is 10.1 Å². The molecule has 1 aromatic heterocycles. The quantitative estimate of drug-likeness (QED) is 0.816. The fraction of sp³-hybridized carbons (Fsp3) is 0.333. The van der Waals surface area contributed by atoms with Crippen LogP contribution >= 0.6 is 11.3 Å². The monoisotopic (exact) mass is 386 g/mol. The first-order valence-corrected chi connectivity index (χ1v) is 9.09. The number of nitriles is 1. The smallest absolute Gasteiger partial charge is 0.325 e. The van der Waals surface area contributed by atoms with Gasteiger partial charge in [-0.05, 0) is 43.5 Å². The van der Waals surface area contributed by atoms with Crippen molar-refractivity contribution in [2.75, 3.05) is 12.4 Å². The van der Waals surface area contributed by atoms with Crippen LogP contribution in [0.5, 0.6) is 10.9 Å². The summed E-state index contributed by atoms with van der Waals surface area (Å²) in [6, 6.07) is 6.50. The number of aromatic nitrogens is 1. The van der Waals surface area contributed by atoms with Crippen LogP contribution in [-0.2, 0) is 9.53 Å². The number of benzene rings is 1. The predicted octanol–water partition coefficient (Wildman–Crippen LogP) is 3.19. The summed E-state index contributed by atoms with van der Waals surface area (Å²) in [5.41, 5.74) is 1.31. The van der Waals surface area contributed by atoms with Gasteiger partial charge in [0.15, 0.2) is 0 Å². The van der Waals surface area contributed by atoms with Crippen molar-refractivity contribution in [1.29, 1.82) is 5.26 Å². The van der Waals surface area contributed by atoms with Gasteiger partial charge in [0, 0.05) is 18.7 Å². The van der Waals surface area contributed by atoms with Crippen LogP contribution in [0.1, 0.15) is 23.3 Å². The normalized spacial score (nSPS) is 18.1. The zero-order valence-electron chi connectivity index (χ0n) is 14.8. The number of carbonyl (C=O) groups is 2. The largest absolute Gasteiger partial charge is 0.431 e. The molecule has 9 heteroatoms. The van der Waals surface area contributed by atoms with Crippen molar-refractivity contribution >= 4 is 29.0 Å². The lowest BCUT2D eigenvalue weighted by molar-refractivity contribution is -0.131. The number of aryl methyl sites for hydroxylation is 1. The Morgan fingerprint density at radius 3 is 2.78 bits per heavy atom. The lowest BCUT2D eigenvalue weighted by Crippen LogP contribution is -2.45. The van der Waals surface area contributed by atoms with Gasteiger partial charge >= 0.3 is 6.03 Å². The zero-order valence-corrected chi connectivity index (χ0v) is 15.6. The maximum atomic E-state index is 12.0. The van der Waals surface area contributed by atoms with Gasteiger partial charge in [0.25, 0.3) is 5.19 Å². The van der Waals surface area contributed by atoms with Gasteiger partial charge < -0.3 is 14.8 Å². The van der Waals surface area contributed by atoms with Crippen LogP contribution in [0.25, 0.3) is 0 Å². The first-order valence-electron chi connectivity index (χ1n) is 8.27. The third-order valence-electron chi connectivity index (χ3n) is 4.26. The minimum Gasteiger partial charge on any atom is -0.431 e. The van der Waals surface area contributed by atoms with E-state index in [4.69, 9.17) is 14.7 Å². The van der Waals surface area contributed by atoms with E-state index in [-0.39, 0.29) is 17.9 Å². The fourth-order valence-electron chi connectivity index (χ4n) is 2.64. The van der Waals surface area contributed by atoms with Gasteiger partial charge in [-0.25, -0.2) is 9.78 Å². The Labute approximate surface area is 160 Å². The minimum absolute atomic E-state index is 0.0982. The van der Waals surface area contributed by atoms with Crippen LogP contribution in [0.15, 0.2) is 24.4 Å². The molecule has 140 valence electrons. The molecule has 1 saturated carbocycles. The molecule has 3 amide bonds.